The molecule has 3 aromatic rings. The second kappa shape index (κ2) is 3.98. The number of nitrogens with two attached hydrogens (primary N) is 1. The molecule has 1 aromatic carbocycles. The van der Waals surface area contributed by atoms with Crippen LogP contribution in [0.25, 0.3) is 22.3 Å². The fourth-order valence-corrected chi connectivity index (χ4v) is 2.59. The molecule has 2 aromatic heterocycles. The van der Waals surface area contributed by atoms with Crippen molar-refractivity contribution in [1.29, 1.82) is 0 Å². The molecule has 3 N–H and O–H groups in total. The Morgan fingerprint density at radius 2 is 2.24 bits per heavy atom. The van der Waals surface area contributed by atoms with Gasteiger partial charge in [-0.05, 0) is 36.2 Å². The molecule has 0 amide bonds. The van der Waals surface area contributed by atoms with E-state index in [9.17, 15) is 0 Å². The van der Waals surface area contributed by atoms with E-state index in [1.165, 1.54) is 28.0 Å². The molecule has 0 atom stereocenters. The number of benzene rings is 1. The largest absolute Gasteiger partial charge is 0.353 e. The maximum absolute atomic E-state index is 5.60. The normalized spacial score (nSPS) is 11.2. The highest BCUT2D eigenvalue weighted by Crippen LogP contribution is 2.26. The molecule has 0 aliphatic rings. The molecule has 0 saturated carbocycles. The molecule has 0 radical (unpaired) electrons. The van der Waals surface area contributed by atoms with Gasteiger partial charge in [-0.25, -0.2) is 0 Å². The average Bonchev–Trinajstić information content (AvgIpc) is 2.95. The molecule has 4 heteroatoms. The van der Waals surface area contributed by atoms with Gasteiger partial charge in [0.1, 0.15) is 5.69 Å². The first-order valence-electron chi connectivity index (χ1n) is 5.52. The van der Waals surface area contributed by atoms with Crippen LogP contribution in [0, 0.1) is 6.92 Å². The Bertz CT molecular complexity index is 666. The maximum atomic E-state index is 5.60. The first-order chi connectivity index (χ1) is 8.28. The van der Waals surface area contributed by atoms with E-state index < -0.39 is 0 Å². The topological polar surface area (TPSA) is 54.7 Å². The maximum Gasteiger partial charge on any atom is 0.101 e. The van der Waals surface area contributed by atoms with Crippen molar-refractivity contribution in [3.8, 4) is 11.4 Å². The summed E-state index contributed by atoms with van der Waals surface area (Å²) >= 11 is 1.46. The first kappa shape index (κ1) is 10.5. The van der Waals surface area contributed by atoms with Gasteiger partial charge in [0.05, 0.1) is 5.69 Å². The monoisotopic (exact) mass is 243 g/mol. The molecule has 86 valence electrons. The number of nitrogens with one attached hydrogen (secondary N) is 1. The predicted molar refractivity (Wildman–Crippen MR) is 72.0 cm³/mol. The Hall–Kier alpha value is -1.65. The summed E-state index contributed by atoms with van der Waals surface area (Å²) in [6, 6.07) is 10.5. The number of H-pyrrole nitrogens is 1. The van der Waals surface area contributed by atoms with Crippen molar-refractivity contribution in [2.45, 2.75) is 13.5 Å². The summed E-state index contributed by atoms with van der Waals surface area (Å²) in [5.74, 6) is 0. The molecule has 0 bridgehead atoms. The summed E-state index contributed by atoms with van der Waals surface area (Å²) < 4.78 is 4.41. The van der Waals surface area contributed by atoms with Gasteiger partial charge in [0.2, 0.25) is 0 Å². The molecule has 2 heterocycles. The quantitative estimate of drug-likeness (QED) is 0.726. The van der Waals surface area contributed by atoms with Crippen LogP contribution in [0.15, 0.2) is 30.3 Å². The van der Waals surface area contributed by atoms with Crippen molar-refractivity contribution in [3.05, 3.63) is 40.8 Å². The third-order valence-corrected chi connectivity index (χ3v) is 3.71. The summed E-state index contributed by atoms with van der Waals surface area (Å²) in [6.07, 6.45) is 0. The van der Waals surface area contributed by atoms with Crippen molar-refractivity contribution in [1.82, 2.24) is 9.36 Å². The van der Waals surface area contributed by atoms with E-state index in [0.29, 0.717) is 6.54 Å². The van der Waals surface area contributed by atoms with Crippen LogP contribution in [-0.4, -0.2) is 9.36 Å². The molecule has 0 spiro atoms. The minimum Gasteiger partial charge on any atom is -0.353 e. The molecule has 3 rings (SSSR count). The number of hydrogen-bond acceptors (Lipinski definition) is 3. The van der Waals surface area contributed by atoms with E-state index in [1.54, 1.807) is 0 Å². The van der Waals surface area contributed by atoms with Crippen LogP contribution in [0.5, 0.6) is 0 Å². The first-order valence-corrected chi connectivity index (χ1v) is 6.29. The molecule has 17 heavy (non-hydrogen) atoms. The molecule has 0 unspecified atom stereocenters. The lowest BCUT2D eigenvalue weighted by atomic mass is 10.2. The smallest absolute Gasteiger partial charge is 0.101 e. The third-order valence-electron chi connectivity index (χ3n) is 2.90. The van der Waals surface area contributed by atoms with E-state index in [1.807, 2.05) is 6.07 Å². The Morgan fingerprint density at radius 1 is 1.35 bits per heavy atom. The molecule has 3 nitrogen and oxygen atoms in total. The van der Waals surface area contributed by atoms with Crippen molar-refractivity contribution < 1.29 is 0 Å². The van der Waals surface area contributed by atoms with Crippen molar-refractivity contribution in [2.75, 3.05) is 0 Å². The summed E-state index contributed by atoms with van der Waals surface area (Å²) in [7, 11) is 0. The number of aromatic nitrogens is 2. The number of fused-ring (bicyclic) bond motifs is 1. The lowest BCUT2D eigenvalue weighted by Gasteiger charge is -1.93. The van der Waals surface area contributed by atoms with Gasteiger partial charge in [-0.3, -0.25) is 0 Å². The van der Waals surface area contributed by atoms with E-state index in [2.05, 4.69) is 40.5 Å². The second-order valence-electron chi connectivity index (χ2n) is 4.10. The van der Waals surface area contributed by atoms with E-state index in [-0.39, 0.29) is 0 Å². The fourth-order valence-electron chi connectivity index (χ4n) is 1.98. The van der Waals surface area contributed by atoms with Gasteiger partial charge in [0.25, 0.3) is 0 Å². The molecule has 0 saturated heterocycles. The summed E-state index contributed by atoms with van der Waals surface area (Å²) in [5, 5.41) is 1.22. The number of rotatable bonds is 2. The van der Waals surface area contributed by atoms with Crippen LogP contribution in [0.4, 0.5) is 0 Å². The fraction of sp³-hybridized carbons (Fsp3) is 0.154. The third kappa shape index (κ3) is 1.75. The number of aryl methyl sites for hydroxylation is 1. The zero-order valence-corrected chi connectivity index (χ0v) is 10.3. The SMILES string of the molecule is Cc1cccc2cc(-c3cc(CN)sn3)[nH]c12. The van der Waals surface area contributed by atoms with Crippen LogP contribution < -0.4 is 5.73 Å². The number of hydrogen-bond donors (Lipinski definition) is 2. The summed E-state index contributed by atoms with van der Waals surface area (Å²) in [5.41, 5.74) is 10.1. The minimum absolute atomic E-state index is 0.553. The van der Waals surface area contributed by atoms with Gasteiger partial charge >= 0.3 is 0 Å². The van der Waals surface area contributed by atoms with Crippen molar-refractivity contribution in [3.63, 3.8) is 0 Å². The highest BCUT2D eigenvalue weighted by molar-refractivity contribution is 7.06. The lowest BCUT2D eigenvalue weighted by Crippen LogP contribution is -1.91. The second-order valence-corrected chi connectivity index (χ2v) is 4.99. The number of para-hydroxylation sites is 1. The summed E-state index contributed by atoms with van der Waals surface area (Å²) in [6.45, 7) is 2.66. The molecular weight excluding hydrogens is 230 g/mol. The zero-order chi connectivity index (χ0) is 11.8. The van der Waals surface area contributed by atoms with E-state index in [4.69, 9.17) is 5.73 Å². The van der Waals surface area contributed by atoms with E-state index in [0.717, 1.165) is 16.3 Å². The minimum atomic E-state index is 0.553. The van der Waals surface area contributed by atoms with Gasteiger partial charge in [-0.15, -0.1) is 0 Å². The molecule has 0 aliphatic carbocycles. The summed E-state index contributed by atoms with van der Waals surface area (Å²) in [4.78, 5) is 4.53. The van der Waals surface area contributed by atoms with Crippen LogP contribution in [0.2, 0.25) is 0 Å². The van der Waals surface area contributed by atoms with Crippen LogP contribution in [-0.2, 0) is 6.54 Å². The van der Waals surface area contributed by atoms with Crippen molar-refractivity contribution in [2.24, 2.45) is 5.73 Å². The molecular formula is C13H13N3S. The average molecular weight is 243 g/mol. The van der Waals surface area contributed by atoms with E-state index >= 15 is 0 Å². The van der Waals surface area contributed by atoms with Gasteiger partial charge < -0.3 is 10.7 Å². The Kier molecular flexibility index (Phi) is 2.46. The predicted octanol–water partition coefficient (Wildman–Crippen LogP) is 3.06. The Labute approximate surface area is 103 Å². The van der Waals surface area contributed by atoms with Crippen LogP contribution in [0.1, 0.15) is 10.4 Å². The lowest BCUT2D eigenvalue weighted by molar-refractivity contribution is 1.11. The molecule has 0 aliphatic heterocycles. The van der Waals surface area contributed by atoms with Crippen molar-refractivity contribution >= 4 is 22.4 Å². The van der Waals surface area contributed by atoms with Gasteiger partial charge in [-0.1, -0.05) is 18.2 Å². The zero-order valence-electron chi connectivity index (χ0n) is 9.53. The number of nitrogens with zero attached hydrogens (tertiary/aromatic N) is 1. The molecule has 0 fully saturated rings. The highest BCUT2D eigenvalue weighted by atomic mass is 32.1. The standard InChI is InChI=1S/C13H13N3S/c1-8-3-2-4-9-5-11(15-13(8)9)12-6-10(7-14)17-16-12/h2-6,15H,7,14H2,1H3. The van der Waals surface area contributed by atoms with Crippen LogP contribution in [0.3, 0.4) is 0 Å². The number of aromatic amines is 1. The van der Waals surface area contributed by atoms with Gasteiger partial charge in [0, 0.05) is 22.3 Å². The highest BCUT2D eigenvalue weighted by Gasteiger charge is 2.08. The van der Waals surface area contributed by atoms with Gasteiger partial charge in [-0.2, -0.15) is 4.37 Å². The van der Waals surface area contributed by atoms with Gasteiger partial charge in [0.15, 0.2) is 0 Å². The Morgan fingerprint density at radius 3 is 2.94 bits per heavy atom. The van der Waals surface area contributed by atoms with Crippen LogP contribution >= 0.6 is 11.5 Å². The Balaban J connectivity index is 2.14.